The zero-order chi connectivity index (χ0) is 12.3. The zero-order valence-electron chi connectivity index (χ0n) is 10.5. The molecular formula is C14H21N3. The Balaban J connectivity index is 2.06. The van der Waals surface area contributed by atoms with Crippen molar-refractivity contribution in [2.24, 2.45) is 0 Å². The van der Waals surface area contributed by atoms with Crippen LogP contribution in [-0.2, 0) is 6.54 Å². The Hall–Kier alpha value is -1.37. The molecule has 0 radical (unpaired) electrons. The molecule has 1 rings (SSSR count). The number of nitrogens with one attached hydrogen (secondary N) is 1. The molecule has 0 aliphatic heterocycles. The van der Waals surface area contributed by atoms with E-state index in [0.717, 1.165) is 32.6 Å². The molecule has 0 amide bonds. The van der Waals surface area contributed by atoms with Crippen molar-refractivity contribution < 1.29 is 0 Å². The standard InChI is InChI=1S/C14H21N3/c1-17(12-6-11-16-10-5-9-15)13-14-7-3-2-4-8-14/h2-4,7-8,16H,5-6,10-13H2,1H3. The van der Waals surface area contributed by atoms with Crippen molar-refractivity contribution in [3.8, 4) is 6.07 Å². The van der Waals surface area contributed by atoms with E-state index in [4.69, 9.17) is 5.26 Å². The summed E-state index contributed by atoms with van der Waals surface area (Å²) in [5, 5.41) is 11.6. The van der Waals surface area contributed by atoms with Gasteiger partial charge in [-0.3, -0.25) is 0 Å². The van der Waals surface area contributed by atoms with Crippen molar-refractivity contribution in [3.63, 3.8) is 0 Å². The van der Waals surface area contributed by atoms with Crippen LogP contribution in [0.15, 0.2) is 30.3 Å². The monoisotopic (exact) mass is 231 g/mol. The smallest absolute Gasteiger partial charge is 0.0635 e. The van der Waals surface area contributed by atoms with Gasteiger partial charge in [0.1, 0.15) is 0 Å². The van der Waals surface area contributed by atoms with Gasteiger partial charge in [-0.2, -0.15) is 5.26 Å². The summed E-state index contributed by atoms with van der Waals surface area (Å²) in [6.07, 6.45) is 1.72. The Morgan fingerprint density at radius 2 is 2.00 bits per heavy atom. The Morgan fingerprint density at radius 3 is 2.71 bits per heavy atom. The summed E-state index contributed by atoms with van der Waals surface area (Å²) in [5.74, 6) is 0. The van der Waals surface area contributed by atoms with Crippen LogP contribution < -0.4 is 5.32 Å². The summed E-state index contributed by atoms with van der Waals surface area (Å²) in [5.41, 5.74) is 1.35. The molecule has 0 spiro atoms. The molecule has 0 aromatic heterocycles. The lowest BCUT2D eigenvalue weighted by Gasteiger charge is -2.16. The molecule has 0 saturated carbocycles. The fourth-order valence-corrected chi connectivity index (χ4v) is 1.72. The van der Waals surface area contributed by atoms with Gasteiger partial charge in [-0.05, 0) is 32.1 Å². The Morgan fingerprint density at radius 1 is 1.24 bits per heavy atom. The molecule has 3 nitrogen and oxygen atoms in total. The first-order valence-electron chi connectivity index (χ1n) is 6.13. The molecule has 0 aliphatic carbocycles. The second kappa shape index (κ2) is 8.74. The lowest BCUT2D eigenvalue weighted by Crippen LogP contribution is -2.24. The molecule has 1 N–H and O–H groups in total. The van der Waals surface area contributed by atoms with E-state index in [1.807, 2.05) is 6.07 Å². The molecule has 0 atom stereocenters. The second-order valence-corrected chi connectivity index (χ2v) is 4.24. The Kier molecular flexibility index (Phi) is 7.04. The van der Waals surface area contributed by atoms with Crippen LogP contribution in [0.5, 0.6) is 0 Å². The maximum Gasteiger partial charge on any atom is 0.0635 e. The lowest BCUT2D eigenvalue weighted by molar-refractivity contribution is 0.320. The van der Waals surface area contributed by atoms with Crippen molar-refractivity contribution in [2.45, 2.75) is 19.4 Å². The van der Waals surface area contributed by atoms with Crippen LogP contribution in [0.4, 0.5) is 0 Å². The molecule has 0 unspecified atom stereocenters. The zero-order valence-corrected chi connectivity index (χ0v) is 10.5. The molecule has 0 aliphatic rings. The van der Waals surface area contributed by atoms with E-state index in [1.165, 1.54) is 5.56 Å². The van der Waals surface area contributed by atoms with Crippen LogP contribution in [0.3, 0.4) is 0 Å². The van der Waals surface area contributed by atoms with Gasteiger partial charge in [0.2, 0.25) is 0 Å². The number of nitriles is 1. The molecular weight excluding hydrogens is 210 g/mol. The molecule has 92 valence electrons. The Bertz CT molecular complexity index is 329. The lowest BCUT2D eigenvalue weighted by atomic mass is 10.2. The average molecular weight is 231 g/mol. The van der Waals surface area contributed by atoms with Gasteiger partial charge in [0.05, 0.1) is 6.07 Å². The van der Waals surface area contributed by atoms with E-state index in [9.17, 15) is 0 Å². The number of hydrogen-bond donors (Lipinski definition) is 1. The number of nitrogens with zero attached hydrogens (tertiary/aromatic N) is 2. The van der Waals surface area contributed by atoms with Crippen molar-refractivity contribution in [3.05, 3.63) is 35.9 Å². The number of hydrogen-bond acceptors (Lipinski definition) is 3. The average Bonchev–Trinajstić information content (AvgIpc) is 2.35. The highest BCUT2D eigenvalue weighted by Crippen LogP contribution is 2.02. The molecule has 1 aromatic carbocycles. The van der Waals surface area contributed by atoms with Gasteiger partial charge in [0, 0.05) is 19.5 Å². The predicted molar refractivity (Wildman–Crippen MR) is 70.5 cm³/mol. The summed E-state index contributed by atoms with van der Waals surface area (Å²) >= 11 is 0. The minimum absolute atomic E-state index is 0.597. The predicted octanol–water partition coefficient (Wildman–Crippen LogP) is 2.01. The molecule has 3 heteroatoms. The van der Waals surface area contributed by atoms with Gasteiger partial charge >= 0.3 is 0 Å². The van der Waals surface area contributed by atoms with Crippen molar-refractivity contribution >= 4 is 0 Å². The van der Waals surface area contributed by atoms with Gasteiger partial charge < -0.3 is 10.2 Å². The van der Waals surface area contributed by atoms with E-state index in [1.54, 1.807) is 0 Å². The molecule has 1 aromatic rings. The first-order chi connectivity index (χ1) is 8.33. The maximum atomic E-state index is 8.38. The highest BCUT2D eigenvalue weighted by molar-refractivity contribution is 5.14. The summed E-state index contributed by atoms with van der Waals surface area (Å²) in [7, 11) is 2.14. The molecule has 0 fully saturated rings. The normalized spacial score (nSPS) is 10.4. The van der Waals surface area contributed by atoms with E-state index >= 15 is 0 Å². The topological polar surface area (TPSA) is 39.1 Å². The summed E-state index contributed by atoms with van der Waals surface area (Å²) in [4.78, 5) is 2.32. The van der Waals surface area contributed by atoms with Crippen LogP contribution in [-0.4, -0.2) is 31.6 Å². The van der Waals surface area contributed by atoms with E-state index in [2.05, 4.69) is 47.6 Å². The van der Waals surface area contributed by atoms with E-state index < -0.39 is 0 Å². The SMILES string of the molecule is CN(CCCNCCC#N)Cc1ccccc1. The highest BCUT2D eigenvalue weighted by Gasteiger charge is 1.99. The largest absolute Gasteiger partial charge is 0.316 e. The third-order valence-electron chi connectivity index (χ3n) is 2.60. The highest BCUT2D eigenvalue weighted by atomic mass is 15.1. The second-order valence-electron chi connectivity index (χ2n) is 4.24. The van der Waals surface area contributed by atoms with Gasteiger partial charge in [0.25, 0.3) is 0 Å². The molecule has 0 saturated heterocycles. The minimum Gasteiger partial charge on any atom is -0.316 e. The Labute approximate surface area is 104 Å². The summed E-state index contributed by atoms with van der Waals surface area (Å²) in [6.45, 7) is 3.87. The first kappa shape index (κ1) is 13.7. The number of benzene rings is 1. The van der Waals surface area contributed by atoms with Crippen molar-refractivity contribution in [1.29, 1.82) is 5.26 Å². The van der Waals surface area contributed by atoms with Crippen molar-refractivity contribution in [2.75, 3.05) is 26.7 Å². The van der Waals surface area contributed by atoms with Crippen molar-refractivity contribution in [1.82, 2.24) is 10.2 Å². The van der Waals surface area contributed by atoms with Gasteiger partial charge in [-0.1, -0.05) is 30.3 Å². The number of rotatable bonds is 8. The first-order valence-corrected chi connectivity index (χ1v) is 6.13. The van der Waals surface area contributed by atoms with Gasteiger partial charge in [0.15, 0.2) is 0 Å². The summed E-state index contributed by atoms with van der Waals surface area (Å²) < 4.78 is 0. The molecule has 17 heavy (non-hydrogen) atoms. The van der Waals surface area contributed by atoms with E-state index in [0.29, 0.717) is 6.42 Å². The van der Waals surface area contributed by atoms with Gasteiger partial charge in [-0.25, -0.2) is 0 Å². The van der Waals surface area contributed by atoms with Crippen LogP contribution in [0, 0.1) is 11.3 Å². The molecule has 0 bridgehead atoms. The fraction of sp³-hybridized carbons (Fsp3) is 0.500. The third-order valence-corrected chi connectivity index (χ3v) is 2.60. The molecule has 0 heterocycles. The third kappa shape index (κ3) is 6.72. The summed E-state index contributed by atoms with van der Waals surface area (Å²) in [6, 6.07) is 12.6. The quantitative estimate of drug-likeness (QED) is 0.696. The maximum absolute atomic E-state index is 8.38. The van der Waals surface area contributed by atoms with Crippen LogP contribution >= 0.6 is 0 Å². The fourth-order valence-electron chi connectivity index (χ4n) is 1.72. The minimum atomic E-state index is 0.597. The van der Waals surface area contributed by atoms with Gasteiger partial charge in [-0.15, -0.1) is 0 Å². The van der Waals surface area contributed by atoms with Crippen LogP contribution in [0.1, 0.15) is 18.4 Å². The van der Waals surface area contributed by atoms with E-state index in [-0.39, 0.29) is 0 Å². The van der Waals surface area contributed by atoms with Crippen LogP contribution in [0.2, 0.25) is 0 Å². The van der Waals surface area contributed by atoms with Crippen LogP contribution in [0.25, 0.3) is 0 Å².